The van der Waals surface area contributed by atoms with Gasteiger partial charge >= 0.3 is 0 Å². The van der Waals surface area contributed by atoms with Crippen molar-refractivity contribution in [1.29, 1.82) is 0 Å². The van der Waals surface area contributed by atoms with E-state index in [2.05, 4.69) is 35.9 Å². The number of hydrazone groups is 1. The minimum atomic E-state index is 0.133. The van der Waals surface area contributed by atoms with Crippen LogP contribution in [0, 0.1) is 0 Å². The highest BCUT2D eigenvalue weighted by Gasteiger charge is 2.02. The van der Waals surface area contributed by atoms with Crippen molar-refractivity contribution in [2.45, 2.75) is 6.42 Å². The van der Waals surface area contributed by atoms with Crippen LogP contribution in [0.15, 0.2) is 48.6 Å². The Bertz CT molecular complexity index is 497. The predicted molar refractivity (Wildman–Crippen MR) is 83.6 cm³/mol. The van der Waals surface area contributed by atoms with Gasteiger partial charge in [0, 0.05) is 0 Å². The van der Waals surface area contributed by atoms with Crippen LogP contribution in [0.4, 0.5) is 0 Å². The second-order valence-corrected chi connectivity index (χ2v) is 4.13. The molecular formula is C14H17N3OS. The van der Waals surface area contributed by atoms with Crippen LogP contribution in [0.1, 0.15) is 11.1 Å². The second-order valence-electron chi connectivity index (χ2n) is 3.69. The van der Waals surface area contributed by atoms with Gasteiger partial charge in [-0.3, -0.25) is 5.43 Å². The van der Waals surface area contributed by atoms with E-state index in [1.165, 1.54) is 0 Å². The van der Waals surface area contributed by atoms with E-state index in [9.17, 15) is 0 Å². The summed E-state index contributed by atoms with van der Waals surface area (Å²) in [6.07, 6.45) is 5.89. The van der Waals surface area contributed by atoms with Gasteiger partial charge in [0.1, 0.15) is 12.4 Å². The SMILES string of the molecule is C=CCOc1ccc(C=NNC(N)=S)cc1CC=C. The molecule has 1 aromatic rings. The van der Waals surface area contributed by atoms with Gasteiger partial charge < -0.3 is 10.5 Å². The molecule has 1 aromatic carbocycles. The molecular weight excluding hydrogens is 258 g/mol. The van der Waals surface area contributed by atoms with Crippen LogP contribution in [0.5, 0.6) is 5.75 Å². The lowest BCUT2D eigenvalue weighted by Gasteiger charge is -2.09. The second kappa shape index (κ2) is 8.05. The molecule has 4 nitrogen and oxygen atoms in total. The van der Waals surface area contributed by atoms with Gasteiger partial charge in [-0.15, -0.1) is 6.58 Å². The van der Waals surface area contributed by atoms with E-state index < -0.39 is 0 Å². The molecule has 0 aliphatic carbocycles. The number of nitrogens with two attached hydrogens (primary N) is 1. The Kier molecular flexibility index (Phi) is 6.32. The fourth-order valence-electron chi connectivity index (χ4n) is 1.45. The average Bonchev–Trinajstić information content (AvgIpc) is 2.38. The van der Waals surface area contributed by atoms with Crippen molar-refractivity contribution in [2.75, 3.05) is 6.61 Å². The first kappa shape index (κ1) is 14.9. The fourth-order valence-corrected chi connectivity index (χ4v) is 1.51. The van der Waals surface area contributed by atoms with E-state index in [0.717, 1.165) is 23.3 Å². The first-order chi connectivity index (χ1) is 9.17. The van der Waals surface area contributed by atoms with E-state index in [1.54, 1.807) is 12.3 Å². The molecule has 0 aliphatic rings. The Labute approximate surface area is 118 Å². The van der Waals surface area contributed by atoms with Gasteiger partial charge in [-0.1, -0.05) is 18.7 Å². The largest absolute Gasteiger partial charge is 0.489 e. The van der Waals surface area contributed by atoms with E-state index in [4.69, 9.17) is 10.5 Å². The third-order valence-electron chi connectivity index (χ3n) is 2.19. The molecule has 0 amide bonds. The lowest BCUT2D eigenvalue weighted by atomic mass is 10.1. The summed E-state index contributed by atoms with van der Waals surface area (Å²) in [7, 11) is 0. The van der Waals surface area contributed by atoms with Crippen LogP contribution in [0.3, 0.4) is 0 Å². The van der Waals surface area contributed by atoms with Gasteiger partial charge in [0.25, 0.3) is 0 Å². The lowest BCUT2D eigenvalue weighted by Crippen LogP contribution is -2.23. The summed E-state index contributed by atoms with van der Waals surface area (Å²) in [4.78, 5) is 0. The van der Waals surface area contributed by atoms with Crippen LogP contribution < -0.4 is 15.9 Å². The summed E-state index contributed by atoms with van der Waals surface area (Å²) in [5.74, 6) is 0.819. The Morgan fingerprint density at radius 1 is 1.42 bits per heavy atom. The summed E-state index contributed by atoms with van der Waals surface area (Å²) >= 11 is 4.66. The number of allylic oxidation sites excluding steroid dienone is 1. The number of benzene rings is 1. The zero-order chi connectivity index (χ0) is 14.1. The molecule has 0 radical (unpaired) electrons. The molecule has 0 fully saturated rings. The third kappa shape index (κ3) is 5.35. The van der Waals surface area contributed by atoms with Gasteiger partial charge in [0.2, 0.25) is 0 Å². The molecule has 0 atom stereocenters. The van der Waals surface area contributed by atoms with Crippen molar-refractivity contribution in [3.8, 4) is 5.75 Å². The highest BCUT2D eigenvalue weighted by atomic mass is 32.1. The monoisotopic (exact) mass is 275 g/mol. The molecule has 0 spiro atoms. The van der Waals surface area contributed by atoms with Gasteiger partial charge in [0.15, 0.2) is 5.11 Å². The molecule has 5 heteroatoms. The molecule has 3 N–H and O–H groups in total. The molecule has 0 saturated heterocycles. The maximum absolute atomic E-state index is 5.57. The maximum Gasteiger partial charge on any atom is 0.184 e. The topological polar surface area (TPSA) is 59.6 Å². The molecule has 0 aromatic heterocycles. The van der Waals surface area contributed by atoms with Gasteiger partial charge in [-0.25, -0.2) is 0 Å². The molecule has 0 heterocycles. The van der Waals surface area contributed by atoms with E-state index >= 15 is 0 Å². The molecule has 19 heavy (non-hydrogen) atoms. The summed E-state index contributed by atoms with van der Waals surface area (Å²) < 4.78 is 5.57. The molecule has 0 bridgehead atoms. The van der Waals surface area contributed by atoms with Gasteiger partial charge in [-0.2, -0.15) is 5.10 Å². The van der Waals surface area contributed by atoms with Crippen LogP contribution in [-0.4, -0.2) is 17.9 Å². The van der Waals surface area contributed by atoms with E-state index in [-0.39, 0.29) is 5.11 Å². The molecule has 0 saturated carbocycles. The number of nitrogens with one attached hydrogen (secondary N) is 1. The van der Waals surface area contributed by atoms with Crippen molar-refractivity contribution in [3.63, 3.8) is 0 Å². The average molecular weight is 275 g/mol. The zero-order valence-corrected chi connectivity index (χ0v) is 11.5. The normalized spacial score (nSPS) is 10.1. The zero-order valence-electron chi connectivity index (χ0n) is 10.6. The maximum atomic E-state index is 5.57. The van der Waals surface area contributed by atoms with E-state index in [0.29, 0.717) is 6.61 Å². The summed E-state index contributed by atoms with van der Waals surface area (Å²) in [6, 6.07) is 5.77. The predicted octanol–water partition coefficient (Wildman–Crippen LogP) is 2.15. The third-order valence-corrected chi connectivity index (χ3v) is 2.29. The molecule has 1 rings (SSSR count). The quantitative estimate of drug-likeness (QED) is 0.346. The highest BCUT2D eigenvalue weighted by Crippen LogP contribution is 2.20. The summed E-state index contributed by atoms with van der Waals surface area (Å²) in [5, 5.41) is 4.04. The number of rotatable bonds is 7. The Morgan fingerprint density at radius 2 is 2.21 bits per heavy atom. The Balaban J connectivity index is 2.87. The van der Waals surface area contributed by atoms with Crippen molar-refractivity contribution in [2.24, 2.45) is 10.8 Å². The van der Waals surface area contributed by atoms with Gasteiger partial charge in [-0.05, 0) is 48.0 Å². The van der Waals surface area contributed by atoms with Crippen molar-refractivity contribution < 1.29 is 4.74 Å². The first-order valence-electron chi connectivity index (χ1n) is 5.73. The number of nitrogens with zero attached hydrogens (tertiary/aromatic N) is 1. The first-order valence-corrected chi connectivity index (χ1v) is 6.14. The summed E-state index contributed by atoms with van der Waals surface area (Å²) in [6.45, 7) is 7.84. The molecule has 0 aliphatic heterocycles. The standard InChI is InChI=1S/C14H17N3OS/c1-3-5-12-9-11(10-16-17-14(15)19)6-7-13(12)18-8-4-2/h3-4,6-7,9-10H,1-2,5,8H2,(H3,15,17,19). The highest BCUT2D eigenvalue weighted by molar-refractivity contribution is 7.80. The number of thiocarbonyl (C=S) groups is 1. The molecule has 0 unspecified atom stereocenters. The lowest BCUT2D eigenvalue weighted by molar-refractivity contribution is 0.360. The van der Waals surface area contributed by atoms with Crippen LogP contribution >= 0.6 is 12.2 Å². The van der Waals surface area contributed by atoms with Crippen molar-refractivity contribution in [1.82, 2.24) is 5.43 Å². The molecule has 100 valence electrons. The number of ether oxygens (including phenoxy) is 1. The van der Waals surface area contributed by atoms with Crippen molar-refractivity contribution in [3.05, 3.63) is 54.6 Å². The fraction of sp³-hybridized carbons (Fsp3) is 0.143. The summed E-state index contributed by atoms with van der Waals surface area (Å²) in [5.41, 5.74) is 9.75. The Hall–Kier alpha value is -2.14. The van der Waals surface area contributed by atoms with E-state index in [1.807, 2.05) is 24.3 Å². The Morgan fingerprint density at radius 3 is 2.84 bits per heavy atom. The number of hydrogen-bond acceptors (Lipinski definition) is 3. The van der Waals surface area contributed by atoms with Crippen molar-refractivity contribution >= 4 is 23.5 Å². The van der Waals surface area contributed by atoms with Crippen LogP contribution in [0.25, 0.3) is 0 Å². The minimum Gasteiger partial charge on any atom is -0.489 e. The van der Waals surface area contributed by atoms with Gasteiger partial charge in [0.05, 0.1) is 6.21 Å². The minimum absolute atomic E-state index is 0.133. The van der Waals surface area contributed by atoms with Crippen LogP contribution in [0.2, 0.25) is 0 Å². The number of hydrogen-bond donors (Lipinski definition) is 2. The van der Waals surface area contributed by atoms with Crippen LogP contribution in [-0.2, 0) is 6.42 Å². The smallest absolute Gasteiger partial charge is 0.184 e.